The van der Waals surface area contributed by atoms with Crippen molar-refractivity contribution in [2.45, 2.75) is 18.9 Å². The van der Waals surface area contributed by atoms with Crippen molar-refractivity contribution in [3.63, 3.8) is 0 Å². The molecule has 1 aliphatic rings. The molecule has 1 fully saturated rings. The number of amides is 1. The summed E-state index contributed by atoms with van der Waals surface area (Å²) in [6.45, 7) is 0.718. The smallest absolute Gasteiger partial charge is 0.263 e. The second-order valence-electron chi connectivity index (χ2n) is 4.53. The molecule has 1 heterocycles. The van der Waals surface area contributed by atoms with Gasteiger partial charge in [-0.3, -0.25) is 4.79 Å². The van der Waals surface area contributed by atoms with E-state index in [1.807, 2.05) is 5.38 Å². The van der Waals surface area contributed by atoms with Crippen molar-refractivity contribution in [3.05, 3.63) is 16.3 Å². The average molecular weight is 255 g/mol. The molecule has 0 unspecified atom stereocenters. The number of hydrogen-bond donors (Lipinski definition) is 1. The van der Waals surface area contributed by atoms with Gasteiger partial charge in [-0.25, -0.2) is 0 Å². The summed E-state index contributed by atoms with van der Waals surface area (Å²) in [5.74, 6) is 1.20. The van der Waals surface area contributed by atoms with Crippen LogP contribution in [0.1, 0.15) is 22.5 Å². The molecule has 17 heavy (non-hydrogen) atoms. The minimum Gasteiger partial charge on any atom is -0.496 e. The molecule has 5 heteroatoms. The first-order valence-electron chi connectivity index (χ1n) is 5.66. The largest absolute Gasteiger partial charge is 0.496 e. The molecule has 0 atom stereocenters. The Morgan fingerprint density at radius 2 is 2.35 bits per heavy atom. The molecule has 0 spiro atoms. The highest BCUT2D eigenvalue weighted by molar-refractivity contribution is 7.12. The first-order chi connectivity index (χ1) is 8.10. The number of aliphatic hydroxyl groups is 1. The van der Waals surface area contributed by atoms with Gasteiger partial charge in [0.2, 0.25) is 0 Å². The van der Waals surface area contributed by atoms with Crippen LogP contribution < -0.4 is 4.74 Å². The maximum atomic E-state index is 12.0. The molecule has 1 aromatic heterocycles. The number of rotatable bonds is 4. The fourth-order valence-corrected chi connectivity index (χ4v) is 2.89. The molecule has 2 rings (SSSR count). The summed E-state index contributed by atoms with van der Waals surface area (Å²) in [6, 6.07) is 1.76. The molecule has 0 radical (unpaired) electrons. The van der Waals surface area contributed by atoms with E-state index in [0.29, 0.717) is 10.8 Å². The van der Waals surface area contributed by atoms with Gasteiger partial charge in [0, 0.05) is 25.0 Å². The van der Waals surface area contributed by atoms with Crippen LogP contribution in [0.5, 0.6) is 5.75 Å². The third kappa shape index (κ3) is 2.79. The normalized spacial score (nSPS) is 23.0. The number of carbonyl (C=O) groups is 1. The van der Waals surface area contributed by atoms with Crippen LogP contribution in [0.2, 0.25) is 0 Å². The second-order valence-corrected chi connectivity index (χ2v) is 5.44. The summed E-state index contributed by atoms with van der Waals surface area (Å²) < 4.78 is 5.06. The summed E-state index contributed by atoms with van der Waals surface area (Å²) in [6.07, 6.45) is 1.46. The van der Waals surface area contributed by atoms with Gasteiger partial charge in [0.15, 0.2) is 0 Å². The minimum atomic E-state index is -0.162. The standard InChI is InChI=1S/C12H17NO3S/c1-13(6-8-3-9(14)4-8)12(15)11-5-10(16-2)7-17-11/h5,7-9,14H,3-4,6H2,1-2H3. The highest BCUT2D eigenvalue weighted by Gasteiger charge is 2.29. The van der Waals surface area contributed by atoms with Crippen LogP contribution >= 0.6 is 11.3 Å². The zero-order valence-corrected chi connectivity index (χ0v) is 10.9. The lowest BCUT2D eigenvalue weighted by atomic mass is 9.82. The van der Waals surface area contributed by atoms with Gasteiger partial charge in [-0.15, -0.1) is 11.3 Å². The van der Waals surface area contributed by atoms with E-state index >= 15 is 0 Å². The number of methoxy groups -OCH3 is 1. The van der Waals surface area contributed by atoms with E-state index in [2.05, 4.69) is 0 Å². The number of ether oxygens (including phenoxy) is 1. The Bertz CT molecular complexity index is 398. The third-order valence-electron chi connectivity index (χ3n) is 3.11. The van der Waals surface area contributed by atoms with E-state index < -0.39 is 0 Å². The quantitative estimate of drug-likeness (QED) is 0.889. The minimum absolute atomic E-state index is 0.0275. The van der Waals surface area contributed by atoms with Crippen molar-refractivity contribution < 1.29 is 14.6 Å². The average Bonchev–Trinajstić information content (AvgIpc) is 2.74. The van der Waals surface area contributed by atoms with Gasteiger partial charge in [0.1, 0.15) is 5.75 Å². The zero-order chi connectivity index (χ0) is 12.4. The van der Waals surface area contributed by atoms with Gasteiger partial charge in [0.05, 0.1) is 18.1 Å². The Morgan fingerprint density at radius 3 is 2.88 bits per heavy atom. The van der Waals surface area contributed by atoms with Crippen molar-refractivity contribution in [2.75, 3.05) is 20.7 Å². The van der Waals surface area contributed by atoms with E-state index in [-0.39, 0.29) is 12.0 Å². The maximum Gasteiger partial charge on any atom is 0.263 e. The van der Waals surface area contributed by atoms with Crippen molar-refractivity contribution in [3.8, 4) is 5.75 Å². The maximum absolute atomic E-state index is 12.0. The van der Waals surface area contributed by atoms with E-state index in [4.69, 9.17) is 4.74 Å². The number of carbonyl (C=O) groups excluding carboxylic acids is 1. The topological polar surface area (TPSA) is 49.8 Å². The number of aliphatic hydroxyl groups excluding tert-OH is 1. The Kier molecular flexibility index (Phi) is 3.69. The van der Waals surface area contributed by atoms with Crippen molar-refractivity contribution in [1.82, 2.24) is 4.90 Å². The van der Waals surface area contributed by atoms with Crippen LogP contribution in [-0.4, -0.2) is 42.7 Å². The highest BCUT2D eigenvalue weighted by Crippen LogP contribution is 2.28. The van der Waals surface area contributed by atoms with Crippen molar-refractivity contribution in [1.29, 1.82) is 0 Å². The van der Waals surface area contributed by atoms with Crippen LogP contribution in [0.15, 0.2) is 11.4 Å². The Morgan fingerprint density at radius 1 is 1.65 bits per heavy atom. The van der Waals surface area contributed by atoms with Crippen LogP contribution in [-0.2, 0) is 0 Å². The summed E-state index contributed by atoms with van der Waals surface area (Å²) in [5.41, 5.74) is 0. The Labute approximate surface area is 105 Å². The molecule has 1 amide bonds. The molecule has 1 aliphatic carbocycles. The van der Waals surface area contributed by atoms with Gasteiger partial charge in [0.25, 0.3) is 5.91 Å². The lowest BCUT2D eigenvalue weighted by Crippen LogP contribution is -2.39. The number of hydrogen-bond acceptors (Lipinski definition) is 4. The monoisotopic (exact) mass is 255 g/mol. The van der Waals surface area contributed by atoms with Crippen LogP contribution in [0.3, 0.4) is 0 Å². The highest BCUT2D eigenvalue weighted by atomic mass is 32.1. The summed E-state index contributed by atoms with van der Waals surface area (Å²) in [7, 11) is 3.40. The number of thiophene rings is 1. The van der Waals surface area contributed by atoms with Crippen molar-refractivity contribution >= 4 is 17.2 Å². The summed E-state index contributed by atoms with van der Waals surface area (Å²) in [5, 5.41) is 11.0. The molecule has 0 bridgehead atoms. The first-order valence-corrected chi connectivity index (χ1v) is 6.54. The zero-order valence-electron chi connectivity index (χ0n) is 10.0. The van der Waals surface area contributed by atoms with E-state index in [0.717, 1.165) is 25.1 Å². The van der Waals surface area contributed by atoms with Gasteiger partial charge < -0.3 is 14.7 Å². The van der Waals surface area contributed by atoms with Crippen LogP contribution in [0.4, 0.5) is 0 Å². The van der Waals surface area contributed by atoms with Gasteiger partial charge in [-0.1, -0.05) is 0 Å². The van der Waals surface area contributed by atoms with Crippen LogP contribution in [0.25, 0.3) is 0 Å². The van der Waals surface area contributed by atoms with E-state index in [1.54, 1.807) is 25.1 Å². The van der Waals surface area contributed by atoms with Crippen molar-refractivity contribution in [2.24, 2.45) is 5.92 Å². The molecular formula is C12H17NO3S. The molecular weight excluding hydrogens is 238 g/mol. The third-order valence-corrected chi connectivity index (χ3v) is 4.01. The number of nitrogens with zero attached hydrogens (tertiary/aromatic N) is 1. The predicted molar refractivity (Wildman–Crippen MR) is 66.6 cm³/mol. The van der Waals surface area contributed by atoms with Gasteiger partial charge in [-0.2, -0.15) is 0 Å². The predicted octanol–water partition coefficient (Wildman–Crippen LogP) is 1.60. The molecule has 1 N–H and O–H groups in total. The second kappa shape index (κ2) is 5.06. The molecule has 0 aromatic carbocycles. The van der Waals surface area contributed by atoms with E-state index in [9.17, 15) is 9.90 Å². The van der Waals surface area contributed by atoms with E-state index in [1.165, 1.54) is 11.3 Å². The molecule has 1 saturated carbocycles. The molecule has 94 valence electrons. The Hall–Kier alpha value is -1.07. The summed E-state index contributed by atoms with van der Waals surface area (Å²) in [4.78, 5) is 14.5. The molecule has 0 saturated heterocycles. The molecule has 0 aliphatic heterocycles. The molecule has 4 nitrogen and oxygen atoms in total. The fraction of sp³-hybridized carbons (Fsp3) is 0.583. The molecule has 1 aromatic rings. The fourth-order valence-electron chi connectivity index (χ4n) is 2.05. The van der Waals surface area contributed by atoms with Gasteiger partial charge in [-0.05, 0) is 18.8 Å². The Balaban J connectivity index is 1.90. The van der Waals surface area contributed by atoms with Gasteiger partial charge >= 0.3 is 0 Å². The SMILES string of the molecule is COc1csc(C(=O)N(C)CC2CC(O)C2)c1. The lowest BCUT2D eigenvalue weighted by molar-refractivity contribution is 0.0266. The van der Waals surface area contributed by atoms with Crippen LogP contribution in [0, 0.1) is 5.92 Å². The first kappa shape index (κ1) is 12.4. The lowest BCUT2D eigenvalue weighted by Gasteiger charge is -2.34. The summed E-state index contributed by atoms with van der Waals surface area (Å²) >= 11 is 1.40.